The number of ether oxygens (including phenoxy) is 1. The molecule has 0 unspecified atom stereocenters. The van der Waals surface area contributed by atoms with Crippen LogP contribution in [-0.4, -0.2) is 33.6 Å². The smallest absolute Gasteiger partial charge is 0.326 e. The molecule has 0 radical (unpaired) electrons. The average molecular weight is 420 g/mol. The molecule has 1 N–H and O–H groups in total. The molecule has 9 heteroatoms. The number of thiophene rings is 2. The lowest BCUT2D eigenvalue weighted by Gasteiger charge is -2.24. The van der Waals surface area contributed by atoms with E-state index in [0.717, 1.165) is 16.9 Å². The number of carbonyl (C=O) groups is 2. The summed E-state index contributed by atoms with van der Waals surface area (Å²) in [6.45, 7) is 5.05. The molecule has 0 aliphatic rings. The zero-order valence-corrected chi connectivity index (χ0v) is 17.5. The first-order valence-corrected chi connectivity index (χ1v) is 10.5. The molecular formula is C19H21N3O4S2. The van der Waals surface area contributed by atoms with Gasteiger partial charge in [-0.1, -0.05) is 13.0 Å². The van der Waals surface area contributed by atoms with Gasteiger partial charge in [-0.15, -0.1) is 22.7 Å². The summed E-state index contributed by atoms with van der Waals surface area (Å²) in [6.07, 6.45) is 2.09. The van der Waals surface area contributed by atoms with E-state index in [-0.39, 0.29) is 30.2 Å². The van der Waals surface area contributed by atoms with E-state index in [2.05, 4.69) is 10.3 Å². The standard InChI is InChI=1S/C19H21N3O4S2/c1-4-19(2,3)21-14(23)9-26-15(24)8-22-11-20-17-16(18(22)25)12(10-28-17)13-6-5-7-27-13/h5-7,10-11H,4,8-9H2,1-3H3,(H,21,23). The second kappa shape index (κ2) is 8.24. The zero-order chi connectivity index (χ0) is 20.3. The SMILES string of the molecule is CCC(C)(C)NC(=O)COC(=O)Cn1cnc2scc(-c3cccs3)c2c1=O. The van der Waals surface area contributed by atoms with Gasteiger partial charge in [0.25, 0.3) is 11.5 Å². The van der Waals surface area contributed by atoms with Crippen LogP contribution in [-0.2, 0) is 20.9 Å². The van der Waals surface area contributed by atoms with E-state index in [1.54, 1.807) is 0 Å². The van der Waals surface area contributed by atoms with Crippen molar-refractivity contribution in [2.45, 2.75) is 39.3 Å². The number of nitrogens with one attached hydrogen (secondary N) is 1. The molecule has 1 amide bonds. The predicted octanol–water partition coefficient (Wildman–Crippen LogP) is 3.03. The number of esters is 1. The second-order valence-electron chi connectivity index (χ2n) is 6.93. The Kier molecular flexibility index (Phi) is 5.95. The molecule has 0 aromatic carbocycles. The minimum absolute atomic E-state index is 0.300. The molecular weight excluding hydrogens is 398 g/mol. The summed E-state index contributed by atoms with van der Waals surface area (Å²) in [5, 5.41) is 7.11. The number of fused-ring (bicyclic) bond motifs is 1. The molecule has 0 aliphatic heterocycles. The topological polar surface area (TPSA) is 90.3 Å². The summed E-state index contributed by atoms with van der Waals surface area (Å²) in [6, 6.07) is 3.86. The maximum absolute atomic E-state index is 12.9. The molecule has 28 heavy (non-hydrogen) atoms. The van der Waals surface area contributed by atoms with E-state index in [1.165, 1.54) is 33.6 Å². The third kappa shape index (κ3) is 4.48. The fourth-order valence-corrected chi connectivity index (χ4v) is 4.25. The Morgan fingerprint density at radius 2 is 2.11 bits per heavy atom. The van der Waals surface area contributed by atoms with Gasteiger partial charge in [-0.2, -0.15) is 0 Å². The van der Waals surface area contributed by atoms with E-state index >= 15 is 0 Å². The first kappa shape index (κ1) is 20.2. The van der Waals surface area contributed by atoms with Gasteiger partial charge in [-0.25, -0.2) is 4.98 Å². The molecule has 0 spiro atoms. The van der Waals surface area contributed by atoms with Crippen molar-refractivity contribution in [3.05, 3.63) is 39.6 Å². The largest absolute Gasteiger partial charge is 0.454 e. The maximum atomic E-state index is 12.9. The molecule has 0 atom stereocenters. The van der Waals surface area contributed by atoms with E-state index in [0.29, 0.717) is 10.2 Å². The molecule has 3 rings (SSSR count). The van der Waals surface area contributed by atoms with Gasteiger partial charge in [-0.3, -0.25) is 19.0 Å². The van der Waals surface area contributed by atoms with Crippen molar-refractivity contribution in [1.82, 2.24) is 14.9 Å². The Morgan fingerprint density at radius 1 is 1.32 bits per heavy atom. The van der Waals surface area contributed by atoms with Crippen molar-refractivity contribution >= 4 is 44.8 Å². The van der Waals surface area contributed by atoms with Gasteiger partial charge in [0, 0.05) is 21.4 Å². The van der Waals surface area contributed by atoms with Gasteiger partial charge in [0.2, 0.25) is 0 Å². The Morgan fingerprint density at radius 3 is 2.79 bits per heavy atom. The molecule has 0 bridgehead atoms. The Balaban J connectivity index is 1.71. The van der Waals surface area contributed by atoms with Crippen LogP contribution >= 0.6 is 22.7 Å². The number of aromatic nitrogens is 2. The van der Waals surface area contributed by atoms with E-state index in [4.69, 9.17) is 4.74 Å². The normalized spacial score (nSPS) is 11.5. The minimum atomic E-state index is -0.666. The van der Waals surface area contributed by atoms with Gasteiger partial charge in [-0.05, 0) is 31.7 Å². The van der Waals surface area contributed by atoms with Gasteiger partial charge in [0.15, 0.2) is 6.61 Å². The fraction of sp³-hybridized carbons (Fsp3) is 0.368. The van der Waals surface area contributed by atoms with Crippen molar-refractivity contribution in [2.75, 3.05) is 6.61 Å². The summed E-state index contributed by atoms with van der Waals surface area (Å²) >= 11 is 2.92. The van der Waals surface area contributed by atoms with Crippen molar-refractivity contribution in [2.24, 2.45) is 0 Å². The Labute approximate surface area is 170 Å². The second-order valence-corrected chi connectivity index (χ2v) is 8.74. The molecule has 3 aromatic rings. The highest BCUT2D eigenvalue weighted by atomic mass is 32.1. The summed E-state index contributed by atoms with van der Waals surface area (Å²) in [4.78, 5) is 42.7. The minimum Gasteiger partial charge on any atom is -0.454 e. The molecule has 3 heterocycles. The number of rotatable bonds is 7. The van der Waals surface area contributed by atoms with E-state index in [9.17, 15) is 14.4 Å². The summed E-state index contributed by atoms with van der Waals surface area (Å²) in [7, 11) is 0. The van der Waals surface area contributed by atoms with Crippen LogP contribution in [0.1, 0.15) is 27.2 Å². The number of carbonyl (C=O) groups excluding carboxylic acids is 2. The van der Waals surface area contributed by atoms with Crippen molar-refractivity contribution in [3.63, 3.8) is 0 Å². The molecule has 0 saturated heterocycles. The quantitative estimate of drug-likeness (QED) is 0.595. The molecule has 0 fully saturated rings. The third-order valence-corrected chi connectivity index (χ3v) is 6.16. The Hall–Kier alpha value is -2.52. The van der Waals surface area contributed by atoms with E-state index in [1.807, 2.05) is 43.7 Å². The third-order valence-electron chi connectivity index (χ3n) is 4.37. The van der Waals surface area contributed by atoms with Crippen molar-refractivity contribution in [3.8, 4) is 10.4 Å². The average Bonchev–Trinajstić information content (AvgIpc) is 3.31. The molecule has 148 valence electrons. The van der Waals surface area contributed by atoms with Gasteiger partial charge < -0.3 is 10.1 Å². The molecule has 0 saturated carbocycles. The van der Waals surface area contributed by atoms with Crippen LogP contribution in [0, 0.1) is 0 Å². The van der Waals surface area contributed by atoms with Crippen LogP contribution in [0.2, 0.25) is 0 Å². The van der Waals surface area contributed by atoms with Crippen LogP contribution in [0.5, 0.6) is 0 Å². The van der Waals surface area contributed by atoms with E-state index < -0.39 is 5.97 Å². The fourth-order valence-electron chi connectivity index (χ4n) is 2.53. The van der Waals surface area contributed by atoms with Crippen molar-refractivity contribution in [1.29, 1.82) is 0 Å². The molecule has 0 aliphatic carbocycles. The first-order chi connectivity index (χ1) is 13.3. The number of hydrogen-bond acceptors (Lipinski definition) is 7. The zero-order valence-electron chi connectivity index (χ0n) is 15.9. The predicted molar refractivity (Wildman–Crippen MR) is 111 cm³/mol. The van der Waals surface area contributed by atoms with Gasteiger partial charge in [0.05, 0.1) is 11.7 Å². The number of amides is 1. The maximum Gasteiger partial charge on any atom is 0.326 e. The monoisotopic (exact) mass is 419 g/mol. The van der Waals surface area contributed by atoms with Crippen molar-refractivity contribution < 1.29 is 14.3 Å². The highest BCUT2D eigenvalue weighted by molar-refractivity contribution is 7.18. The molecule has 7 nitrogen and oxygen atoms in total. The van der Waals surface area contributed by atoms with Crippen LogP contribution in [0.25, 0.3) is 20.7 Å². The number of hydrogen-bond donors (Lipinski definition) is 1. The molecule has 3 aromatic heterocycles. The lowest BCUT2D eigenvalue weighted by atomic mass is 10.0. The van der Waals surface area contributed by atoms with Crippen LogP contribution in [0.15, 0.2) is 34.0 Å². The first-order valence-electron chi connectivity index (χ1n) is 8.78. The van der Waals surface area contributed by atoms with Gasteiger partial charge >= 0.3 is 5.97 Å². The summed E-state index contributed by atoms with van der Waals surface area (Å²) in [5.41, 5.74) is 0.145. The van der Waals surface area contributed by atoms with Crippen LogP contribution in [0.3, 0.4) is 0 Å². The highest BCUT2D eigenvalue weighted by Crippen LogP contribution is 2.33. The van der Waals surface area contributed by atoms with Crippen LogP contribution < -0.4 is 10.9 Å². The summed E-state index contributed by atoms with van der Waals surface area (Å²) in [5.74, 6) is -1.04. The Bertz CT molecular complexity index is 1050. The highest BCUT2D eigenvalue weighted by Gasteiger charge is 2.19. The lowest BCUT2D eigenvalue weighted by molar-refractivity contribution is -0.149. The summed E-state index contributed by atoms with van der Waals surface area (Å²) < 4.78 is 6.23. The number of nitrogens with zero attached hydrogens (tertiary/aromatic N) is 2. The van der Waals surface area contributed by atoms with Crippen LogP contribution in [0.4, 0.5) is 0 Å². The lowest BCUT2D eigenvalue weighted by Crippen LogP contribution is -2.44. The van der Waals surface area contributed by atoms with Gasteiger partial charge in [0.1, 0.15) is 11.4 Å².